The fourth-order valence-electron chi connectivity index (χ4n) is 3.40. The van der Waals surface area contributed by atoms with Gasteiger partial charge in [-0.1, -0.05) is 11.3 Å². The van der Waals surface area contributed by atoms with E-state index in [0.29, 0.717) is 27.8 Å². The van der Waals surface area contributed by atoms with Gasteiger partial charge in [0.05, 0.1) is 11.7 Å². The number of Topliss-reactive ketones (excluding diaryl/α,β-unsaturated/α-hetero) is 1. The maximum absolute atomic E-state index is 13.0. The predicted molar refractivity (Wildman–Crippen MR) is 115 cm³/mol. The van der Waals surface area contributed by atoms with Crippen molar-refractivity contribution in [2.24, 2.45) is 0 Å². The number of furan rings is 1. The zero-order valence-corrected chi connectivity index (χ0v) is 18.3. The number of aliphatic hydroxyl groups excluding tert-OH is 1. The molecule has 3 aromatic rings. The van der Waals surface area contributed by atoms with Gasteiger partial charge in [0.25, 0.3) is 5.78 Å². The van der Waals surface area contributed by atoms with E-state index in [9.17, 15) is 14.7 Å². The molecule has 1 unspecified atom stereocenters. The molecule has 1 amide bonds. The number of ketones is 1. The highest BCUT2D eigenvalue weighted by Gasteiger charge is 2.49. The van der Waals surface area contributed by atoms with E-state index in [4.69, 9.17) is 9.15 Å². The second kappa shape index (κ2) is 7.99. The number of carbonyl (C=O) groups is 2. The molecule has 2 aromatic heterocycles. The third kappa shape index (κ3) is 3.84. The number of hydrogen-bond acceptors (Lipinski definition) is 8. The van der Waals surface area contributed by atoms with Gasteiger partial charge in [0.2, 0.25) is 5.13 Å². The van der Waals surface area contributed by atoms with Crippen LogP contribution in [0.5, 0.6) is 5.75 Å². The summed E-state index contributed by atoms with van der Waals surface area (Å²) in [5.74, 6) is -0.301. The van der Waals surface area contributed by atoms with Crippen LogP contribution >= 0.6 is 11.3 Å². The van der Waals surface area contributed by atoms with Crippen LogP contribution in [0.4, 0.5) is 5.13 Å². The van der Waals surface area contributed by atoms with E-state index >= 15 is 0 Å². The molecule has 1 aromatic carbocycles. The second-order valence-corrected chi connectivity index (χ2v) is 8.57. The molecule has 1 N–H and O–H groups in total. The number of aryl methyl sites for hydroxylation is 2. The summed E-state index contributed by atoms with van der Waals surface area (Å²) in [6.45, 7) is 7.34. The van der Waals surface area contributed by atoms with Crippen molar-refractivity contribution < 1.29 is 23.8 Å². The highest BCUT2D eigenvalue weighted by Crippen LogP contribution is 2.43. The molecule has 160 valence electrons. The first-order valence-electron chi connectivity index (χ1n) is 9.70. The van der Waals surface area contributed by atoms with Gasteiger partial charge < -0.3 is 14.3 Å². The number of carbonyl (C=O) groups excluding carboxylic acids is 2. The summed E-state index contributed by atoms with van der Waals surface area (Å²) in [6, 6.07) is 9.14. The minimum absolute atomic E-state index is 0.00215. The molecule has 9 heteroatoms. The van der Waals surface area contributed by atoms with Gasteiger partial charge in [-0.15, -0.1) is 10.2 Å². The maximum atomic E-state index is 13.0. The molecule has 1 aliphatic rings. The van der Waals surface area contributed by atoms with Crippen molar-refractivity contribution in [2.45, 2.75) is 39.8 Å². The van der Waals surface area contributed by atoms with Crippen molar-refractivity contribution in [2.75, 3.05) is 4.90 Å². The van der Waals surface area contributed by atoms with Crippen LogP contribution in [0.3, 0.4) is 0 Å². The maximum Gasteiger partial charge on any atom is 0.302 e. The number of anilines is 1. The first-order valence-corrected chi connectivity index (χ1v) is 10.5. The van der Waals surface area contributed by atoms with Crippen LogP contribution in [0.1, 0.15) is 42.0 Å². The number of benzene rings is 1. The van der Waals surface area contributed by atoms with Gasteiger partial charge in [0.15, 0.2) is 0 Å². The predicted octanol–water partition coefficient (Wildman–Crippen LogP) is 4.16. The van der Waals surface area contributed by atoms with E-state index in [1.54, 1.807) is 50.2 Å². The normalized spacial score (nSPS) is 18.2. The zero-order chi connectivity index (χ0) is 22.3. The van der Waals surface area contributed by atoms with Crippen LogP contribution in [0.25, 0.3) is 5.76 Å². The van der Waals surface area contributed by atoms with E-state index in [1.165, 1.54) is 16.2 Å². The van der Waals surface area contributed by atoms with Crippen LogP contribution in [-0.4, -0.2) is 33.1 Å². The molecule has 0 radical (unpaired) electrons. The van der Waals surface area contributed by atoms with Gasteiger partial charge in [-0.25, -0.2) is 0 Å². The van der Waals surface area contributed by atoms with E-state index in [2.05, 4.69) is 10.2 Å². The first kappa shape index (κ1) is 20.8. The molecule has 1 saturated heterocycles. The van der Waals surface area contributed by atoms with Crippen LogP contribution in [0.15, 0.2) is 46.4 Å². The Kier molecular flexibility index (Phi) is 5.36. The quantitative estimate of drug-likeness (QED) is 0.361. The molecular weight excluding hydrogens is 418 g/mol. The van der Waals surface area contributed by atoms with Crippen LogP contribution in [0.2, 0.25) is 0 Å². The lowest BCUT2D eigenvalue weighted by molar-refractivity contribution is -0.132. The average Bonchev–Trinajstić information content (AvgIpc) is 3.40. The highest BCUT2D eigenvalue weighted by atomic mass is 32.1. The van der Waals surface area contributed by atoms with Crippen LogP contribution < -0.4 is 9.64 Å². The Bertz CT molecular complexity index is 1180. The minimum Gasteiger partial charge on any atom is -0.507 e. The number of amides is 1. The van der Waals surface area contributed by atoms with E-state index in [1.807, 2.05) is 13.8 Å². The Morgan fingerprint density at radius 2 is 1.84 bits per heavy atom. The lowest BCUT2D eigenvalue weighted by Gasteiger charge is -2.20. The van der Waals surface area contributed by atoms with Gasteiger partial charge in [0, 0.05) is 5.56 Å². The lowest BCUT2D eigenvalue weighted by Crippen LogP contribution is -2.29. The third-order valence-corrected chi connectivity index (χ3v) is 5.53. The van der Waals surface area contributed by atoms with Crippen molar-refractivity contribution in [3.8, 4) is 5.75 Å². The molecule has 0 aliphatic carbocycles. The molecule has 8 nitrogen and oxygen atoms in total. The molecule has 4 rings (SSSR count). The fourth-order valence-corrected chi connectivity index (χ4v) is 4.12. The highest BCUT2D eigenvalue weighted by molar-refractivity contribution is 7.15. The monoisotopic (exact) mass is 439 g/mol. The number of rotatable bonds is 5. The molecule has 1 aliphatic heterocycles. The SMILES string of the molecule is Cc1ccc(C2/C(=C(/O)c3ccc(OC(C)C)cc3)C(=O)C(=O)N2c2nnc(C)s2)o1. The Morgan fingerprint density at radius 3 is 2.39 bits per heavy atom. The smallest absolute Gasteiger partial charge is 0.302 e. The summed E-state index contributed by atoms with van der Waals surface area (Å²) in [6.07, 6.45) is 0.00215. The zero-order valence-electron chi connectivity index (χ0n) is 17.4. The first-order chi connectivity index (χ1) is 14.8. The Hall–Kier alpha value is -3.46. The summed E-state index contributed by atoms with van der Waals surface area (Å²) in [5.41, 5.74) is 0.320. The summed E-state index contributed by atoms with van der Waals surface area (Å²) < 4.78 is 11.4. The van der Waals surface area contributed by atoms with Crippen LogP contribution in [-0.2, 0) is 9.59 Å². The molecule has 3 heterocycles. The standard InChI is InChI=1S/C22H21N3O5S/c1-11(2)29-15-8-6-14(7-9-15)19(26)17-18(16-10-5-12(3)30-16)25(21(28)20(17)27)22-24-23-13(4)31-22/h5-11,18,26H,1-4H3/b19-17-. The number of nitrogens with zero attached hydrogens (tertiary/aromatic N) is 3. The average molecular weight is 439 g/mol. The number of aromatic nitrogens is 2. The minimum atomic E-state index is -0.951. The summed E-state index contributed by atoms with van der Waals surface area (Å²) in [5, 5.41) is 19.9. The van der Waals surface area contributed by atoms with Crippen molar-refractivity contribution in [3.05, 3.63) is 64.1 Å². The van der Waals surface area contributed by atoms with Gasteiger partial charge in [-0.2, -0.15) is 0 Å². The van der Waals surface area contributed by atoms with Crippen molar-refractivity contribution in [3.63, 3.8) is 0 Å². The van der Waals surface area contributed by atoms with Crippen molar-refractivity contribution >= 4 is 33.9 Å². The topological polar surface area (TPSA) is 106 Å². The van der Waals surface area contributed by atoms with E-state index in [-0.39, 0.29) is 22.6 Å². The summed E-state index contributed by atoms with van der Waals surface area (Å²) >= 11 is 1.18. The van der Waals surface area contributed by atoms with Crippen molar-refractivity contribution in [1.82, 2.24) is 10.2 Å². The fraction of sp³-hybridized carbons (Fsp3) is 0.273. The molecule has 0 spiro atoms. The van der Waals surface area contributed by atoms with E-state index in [0.717, 1.165) is 0 Å². The Labute approximate surface area is 182 Å². The van der Waals surface area contributed by atoms with Gasteiger partial charge in [0.1, 0.15) is 34.1 Å². The Morgan fingerprint density at radius 1 is 1.13 bits per heavy atom. The van der Waals surface area contributed by atoms with Gasteiger partial charge in [-0.3, -0.25) is 14.5 Å². The molecule has 1 fully saturated rings. The largest absolute Gasteiger partial charge is 0.507 e. The van der Waals surface area contributed by atoms with E-state index < -0.39 is 17.7 Å². The van der Waals surface area contributed by atoms with Crippen molar-refractivity contribution in [1.29, 1.82) is 0 Å². The molecule has 0 bridgehead atoms. The molecule has 0 saturated carbocycles. The van der Waals surface area contributed by atoms with Gasteiger partial charge in [-0.05, 0) is 64.1 Å². The number of hydrogen-bond donors (Lipinski definition) is 1. The third-order valence-electron chi connectivity index (χ3n) is 4.70. The number of aliphatic hydroxyl groups is 1. The summed E-state index contributed by atoms with van der Waals surface area (Å²) in [4.78, 5) is 27.2. The molecule has 1 atom stereocenters. The van der Waals surface area contributed by atoms with Gasteiger partial charge >= 0.3 is 5.91 Å². The Balaban J connectivity index is 1.84. The second-order valence-electron chi connectivity index (χ2n) is 7.41. The number of ether oxygens (including phenoxy) is 1. The molecule has 31 heavy (non-hydrogen) atoms. The van der Waals surface area contributed by atoms with Crippen LogP contribution in [0, 0.1) is 13.8 Å². The lowest BCUT2D eigenvalue weighted by atomic mass is 9.99. The summed E-state index contributed by atoms with van der Waals surface area (Å²) in [7, 11) is 0. The molecular formula is C22H21N3O5S.